The molecule has 1 aliphatic rings. The minimum absolute atomic E-state index is 0.258. The van der Waals surface area contributed by atoms with Crippen LogP contribution in [0.2, 0.25) is 0 Å². The van der Waals surface area contributed by atoms with E-state index in [1.165, 1.54) is 11.9 Å². The predicted octanol–water partition coefficient (Wildman–Crippen LogP) is 2.96. The van der Waals surface area contributed by atoms with Crippen molar-refractivity contribution >= 4 is 11.7 Å². The summed E-state index contributed by atoms with van der Waals surface area (Å²) in [6, 6.07) is 16.1. The quantitative estimate of drug-likeness (QED) is 0.682. The Morgan fingerprint density at radius 2 is 1.87 bits per heavy atom. The molecule has 30 heavy (non-hydrogen) atoms. The molecule has 0 spiro atoms. The summed E-state index contributed by atoms with van der Waals surface area (Å²) in [5, 5.41) is 11.3. The first kappa shape index (κ1) is 19.9. The molecule has 4 rings (SSSR count). The summed E-state index contributed by atoms with van der Waals surface area (Å²) < 4.78 is 0. The van der Waals surface area contributed by atoms with Gasteiger partial charge in [-0.2, -0.15) is 0 Å². The Morgan fingerprint density at radius 1 is 1.07 bits per heavy atom. The number of nitrogens with zero attached hydrogens (tertiary/aromatic N) is 5. The largest absolute Gasteiger partial charge is 0.355 e. The van der Waals surface area contributed by atoms with Crippen LogP contribution in [0, 0.1) is 12.8 Å². The van der Waals surface area contributed by atoms with Gasteiger partial charge in [0.2, 0.25) is 0 Å². The molecule has 1 amide bonds. The van der Waals surface area contributed by atoms with Gasteiger partial charge in [-0.05, 0) is 55.9 Å². The number of hydrogen-bond acceptors (Lipinski definition) is 6. The SMILES string of the molecule is Cc1cc(CNC(=O)c2ccc(N3CCC(Cc4ccccc4)CC3)nn2)ncn1. The van der Waals surface area contributed by atoms with E-state index in [0.717, 1.165) is 49.6 Å². The first-order chi connectivity index (χ1) is 14.7. The Kier molecular flexibility index (Phi) is 6.27. The van der Waals surface area contributed by atoms with Crippen LogP contribution in [0.5, 0.6) is 0 Å². The Morgan fingerprint density at radius 3 is 2.57 bits per heavy atom. The molecular weight excluding hydrogens is 376 g/mol. The van der Waals surface area contributed by atoms with Crippen molar-refractivity contribution in [2.75, 3.05) is 18.0 Å². The lowest BCUT2D eigenvalue weighted by Crippen LogP contribution is -2.35. The van der Waals surface area contributed by atoms with Gasteiger partial charge in [0.15, 0.2) is 11.5 Å². The molecular formula is C23H26N6O. The van der Waals surface area contributed by atoms with Gasteiger partial charge in [-0.25, -0.2) is 9.97 Å². The number of piperidine rings is 1. The van der Waals surface area contributed by atoms with Crippen molar-refractivity contribution in [1.82, 2.24) is 25.5 Å². The molecule has 2 aromatic heterocycles. The van der Waals surface area contributed by atoms with E-state index in [1.807, 2.05) is 19.1 Å². The van der Waals surface area contributed by atoms with E-state index in [0.29, 0.717) is 18.2 Å². The third kappa shape index (κ3) is 5.17. The van der Waals surface area contributed by atoms with E-state index in [4.69, 9.17) is 0 Å². The van der Waals surface area contributed by atoms with Gasteiger partial charge in [-0.3, -0.25) is 4.79 Å². The molecule has 0 radical (unpaired) electrons. The van der Waals surface area contributed by atoms with Gasteiger partial charge in [0.05, 0.1) is 12.2 Å². The average molecular weight is 403 g/mol. The number of aromatic nitrogens is 4. The molecule has 0 atom stereocenters. The lowest BCUT2D eigenvalue weighted by molar-refractivity contribution is 0.0944. The highest BCUT2D eigenvalue weighted by atomic mass is 16.1. The van der Waals surface area contributed by atoms with E-state index in [-0.39, 0.29) is 5.91 Å². The van der Waals surface area contributed by atoms with Crippen LogP contribution >= 0.6 is 0 Å². The van der Waals surface area contributed by atoms with E-state index in [9.17, 15) is 4.79 Å². The molecule has 3 heterocycles. The average Bonchev–Trinajstić information content (AvgIpc) is 2.79. The lowest BCUT2D eigenvalue weighted by Gasteiger charge is -2.32. The van der Waals surface area contributed by atoms with E-state index in [1.54, 1.807) is 6.07 Å². The van der Waals surface area contributed by atoms with Crippen LogP contribution in [0.1, 0.15) is 40.3 Å². The van der Waals surface area contributed by atoms with Gasteiger partial charge in [0, 0.05) is 18.8 Å². The third-order valence-electron chi connectivity index (χ3n) is 5.48. The molecule has 1 fully saturated rings. The van der Waals surface area contributed by atoms with Gasteiger partial charge >= 0.3 is 0 Å². The highest BCUT2D eigenvalue weighted by Crippen LogP contribution is 2.24. The number of nitrogens with one attached hydrogen (secondary N) is 1. The van der Waals surface area contributed by atoms with Crippen LogP contribution in [0.3, 0.4) is 0 Å². The van der Waals surface area contributed by atoms with Crippen LogP contribution in [0.4, 0.5) is 5.82 Å². The Bertz CT molecular complexity index is 968. The fourth-order valence-corrected chi connectivity index (χ4v) is 3.80. The zero-order valence-electron chi connectivity index (χ0n) is 17.2. The molecule has 0 bridgehead atoms. The van der Waals surface area contributed by atoms with Crippen molar-refractivity contribution in [1.29, 1.82) is 0 Å². The number of hydrogen-bond donors (Lipinski definition) is 1. The highest BCUT2D eigenvalue weighted by molar-refractivity contribution is 5.92. The van der Waals surface area contributed by atoms with E-state index >= 15 is 0 Å². The number of anilines is 1. The summed E-state index contributed by atoms with van der Waals surface area (Å²) in [6.45, 7) is 4.15. The van der Waals surface area contributed by atoms with Crippen LogP contribution in [-0.2, 0) is 13.0 Å². The van der Waals surface area contributed by atoms with Crippen molar-refractivity contribution in [2.24, 2.45) is 5.92 Å². The Balaban J connectivity index is 1.28. The minimum atomic E-state index is -0.258. The number of carbonyl (C=O) groups excluding carboxylic acids is 1. The predicted molar refractivity (Wildman–Crippen MR) is 115 cm³/mol. The molecule has 7 nitrogen and oxygen atoms in total. The maximum absolute atomic E-state index is 12.3. The third-order valence-corrected chi connectivity index (χ3v) is 5.48. The van der Waals surface area contributed by atoms with Crippen molar-refractivity contribution in [3.63, 3.8) is 0 Å². The number of rotatable bonds is 6. The summed E-state index contributed by atoms with van der Waals surface area (Å²) in [5.74, 6) is 1.27. The fraction of sp³-hybridized carbons (Fsp3) is 0.348. The molecule has 0 saturated carbocycles. The lowest BCUT2D eigenvalue weighted by atomic mass is 9.90. The molecule has 154 valence electrons. The van der Waals surface area contributed by atoms with Crippen molar-refractivity contribution in [2.45, 2.75) is 32.7 Å². The summed E-state index contributed by atoms with van der Waals surface area (Å²) in [6.07, 6.45) is 4.90. The van der Waals surface area contributed by atoms with Gasteiger partial charge in [-0.1, -0.05) is 30.3 Å². The van der Waals surface area contributed by atoms with Gasteiger partial charge in [0.25, 0.3) is 5.91 Å². The molecule has 0 unspecified atom stereocenters. The summed E-state index contributed by atoms with van der Waals surface area (Å²) >= 11 is 0. The van der Waals surface area contributed by atoms with Gasteiger partial charge in [0.1, 0.15) is 6.33 Å². The van der Waals surface area contributed by atoms with E-state index in [2.05, 4.69) is 60.7 Å². The van der Waals surface area contributed by atoms with Crippen LogP contribution in [-0.4, -0.2) is 39.2 Å². The van der Waals surface area contributed by atoms with Crippen molar-refractivity contribution in [3.8, 4) is 0 Å². The molecule has 1 aromatic carbocycles. The molecule has 7 heteroatoms. The van der Waals surface area contributed by atoms with Crippen LogP contribution in [0.25, 0.3) is 0 Å². The van der Waals surface area contributed by atoms with Crippen LogP contribution in [0.15, 0.2) is 54.9 Å². The second kappa shape index (κ2) is 9.43. The normalized spacial score (nSPS) is 14.5. The summed E-state index contributed by atoms with van der Waals surface area (Å²) in [4.78, 5) is 22.8. The monoisotopic (exact) mass is 402 g/mol. The molecule has 3 aromatic rings. The zero-order chi connectivity index (χ0) is 20.8. The molecule has 1 saturated heterocycles. The maximum Gasteiger partial charge on any atom is 0.272 e. The molecule has 1 N–H and O–H groups in total. The Labute approximate surface area is 176 Å². The van der Waals surface area contributed by atoms with Crippen molar-refractivity contribution in [3.05, 3.63) is 77.5 Å². The number of aryl methyl sites for hydroxylation is 1. The highest BCUT2D eigenvalue weighted by Gasteiger charge is 2.21. The fourth-order valence-electron chi connectivity index (χ4n) is 3.80. The maximum atomic E-state index is 12.3. The molecule has 0 aliphatic carbocycles. The van der Waals surface area contributed by atoms with E-state index < -0.39 is 0 Å². The smallest absolute Gasteiger partial charge is 0.272 e. The summed E-state index contributed by atoms with van der Waals surface area (Å²) in [5.41, 5.74) is 3.34. The second-order valence-corrected chi connectivity index (χ2v) is 7.73. The number of benzene rings is 1. The standard InChI is InChI=1S/C23H26N6O/c1-17-13-20(26-16-25-17)15-24-23(30)21-7-8-22(28-27-21)29-11-9-19(10-12-29)14-18-5-3-2-4-6-18/h2-8,13,16,19H,9-12,14-15H2,1H3,(H,24,30). The topological polar surface area (TPSA) is 83.9 Å². The number of carbonyl (C=O) groups is 1. The summed E-state index contributed by atoms with van der Waals surface area (Å²) in [7, 11) is 0. The van der Waals surface area contributed by atoms with Crippen LogP contribution < -0.4 is 10.2 Å². The second-order valence-electron chi connectivity index (χ2n) is 7.73. The first-order valence-electron chi connectivity index (χ1n) is 10.4. The minimum Gasteiger partial charge on any atom is -0.355 e. The first-order valence-corrected chi connectivity index (χ1v) is 10.4. The Hall–Kier alpha value is -3.35. The van der Waals surface area contributed by atoms with Crippen molar-refractivity contribution < 1.29 is 4.79 Å². The zero-order valence-corrected chi connectivity index (χ0v) is 17.2. The van der Waals surface area contributed by atoms with Gasteiger partial charge in [-0.15, -0.1) is 10.2 Å². The molecule has 1 aliphatic heterocycles. The number of amides is 1. The van der Waals surface area contributed by atoms with Gasteiger partial charge < -0.3 is 10.2 Å².